The Balaban J connectivity index is 1.38. The number of sulfonamides is 1. The van der Waals surface area contributed by atoms with Gasteiger partial charge >= 0.3 is 0 Å². The molecule has 2 N–H and O–H groups in total. The van der Waals surface area contributed by atoms with Crippen LogP contribution in [0.1, 0.15) is 18.7 Å². The lowest BCUT2D eigenvalue weighted by Crippen LogP contribution is -2.44. The summed E-state index contributed by atoms with van der Waals surface area (Å²) in [6, 6.07) is 15.6. The monoisotopic (exact) mass is 398 g/mol. The average molecular weight is 398 g/mol. The van der Waals surface area contributed by atoms with E-state index in [0.29, 0.717) is 36.1 Å². The van der Waals surface area contributed by atoms with Crippen LogP contribution >= 0.6 is 0 Å². The number of H-pyrrole nitrogens is 1. The quantitative estimate of drug-likeness (QED) is 0.684. The molecule has 0 unspecified atom stereocenters. The number of hydrogen-bond donors (Lipinski definition) is 2. The maximum Gasteiger partial charge on any atom is 0.258 e. The molecule has 1 aliphatic heterocycles. The lowest BCUT2D eigenvalue weighted by Gasteiger charge is -2.31. The highest BCUT2D eigenvalue weighted by atomic mass is 32.2. The van der Waals surface area contributed by atoms with Gasteiger partial charge in [-0.15, -0.1) is 0 Å². The van der Waals surface area contributed by atoms with Crippen LogP contribution in [0.3, 0.4) is 0 Å². The van der Waals surface area contributed by atoms with Crippen molar-refractivity contribution in [2.75, 3.05) is 13.1 Å². The van der Waals surface area contributed by atoms with Crippen molar-refractivity contribution in [2.45, 2.75) is 30.3 Å². The van der Waals surface area contributed by atoms with E-state index in [1.807, 2.05) is 18.2 Å². The fourth-order valence-corrected chi connectivity index (χ4v) is 4.84. The molecule has 8 heteroatoms. The zero-order valence-electron chi connectivity index (χ0n) is 15.3. The predicted molar refractivity (Wildman–Crippen MR) is 107 cm³/mol. The number of nitrogens with one attached hydrogen (secondary N) is 2. The van der Waals surface area contributed by atoms with Gasteiger partial charge in [-0.05, 0) is 37.1 Å². The molecule has 2 heterocycles. The van der Waals surface area contributed by atoms with Crippen LogP contribution in [-0.2, 0) is 16.6 Å². The van der Waals surface area contributed by atoms with E-state index >= 15 is 0 Å². The van der Waals surface area contributed by atoms with Crippen molar-refractivity contribution in [1.29, 1.82) is 0 Å². The van der Waals surface area contributed by atoms with Gasteiger partial charge in [-0.25, -0.2) is 18.1 Å². The minimum Gasteiger partial charge on any atom is -0.309 e. The third-order valence-corrected chi connectivity index (χ3v) is 6.53. The molecule has 0 saturated carbocycles. The van der Waals surface area contributed by atoms with Crippen LogP contribution in [0.15, 0.2) is 64.3 Å². The van der Waals surface area contributed by atoms with Gasteiger partial charge in [-0.1, -0.05) is 30.3 Å². The first-order valence-electron chi connectivity index (χ1n) is 9.29. The van der Waals surface area contributed by atoms with E-state index in [-0.39, 0.29) is 16.5 Å². The molecule has 0 spiro atoms. The van der Waals surface area contributed by atoms with Gasteiger partial charge in [0.25, 0.3) is 5.56 Å². The van der Waals surface area contributed by atoms with E-state index in [1.165, 1.54) is 0 Å². The van der Waals surface area contributed by atoms with Gasteiger partial charge in [0.05, 0.1) is 22.3 Å². The summed E-state index contributed by atoms with van der Waals surface area (Å²) < 4.78 is 27.7. The Labute approximate surface area is 163 Å². The Bertz CT molecular complexity index is 1120. The van der Waals surface area contributed by atoms with Crippen molar-refractivity contribution >= 4 is 20.9 Å². The number of likely N-dealkylation sites (tertiary alicyclic amines) is 1. The van der Waals surface area contributed by atoms with E-state index < -0.39 is 10.0 Å². The summed E-state index contributed by atoms with van der Waals surface area (Å²) in [5, 5.41) is 0.584. The summed E-state index contributed by atoms with van der Waals surface area (Å²) >= 11 is 0. The molecule has 2 aromatic carbocycles. The zero-order valence-corrected chi connectivity index (χ0v) is 16.2. The third kappa shape index (κ3) is 4.14. The largest absolute Gasteiger partial charge is 0.309 e. The average Bonchev–Trinajstić information content (AvgIpc) is 2.70. The van der Waals surface area contributed by atoms with Crippen LogP contribution in [0.25, 0.3) is 10.9 Å². The van der Waals surface area contributed by atoms with Crippen molar-refractivity contribution in [1.82, 2.24) is 19.6 Å². The van der Waals surface area contributed by atoms with E-state index in [1.54, 1.807) is 36.4 Å². The molecular formula is C20H22N4O3S. The molecule has 0 radical (unpaired) electrons. The van der Waals surface area contributed by atoms with Gasteiger partial charge in [0.15, 0.2) is 0 Å². The van der Waals surface area contributed by atoms with Gasteiger partial charge in [0, 0.05) is 19.1 Å². The first-order chi connectivity index (χ1) is 13.5. The lowest BCUT2D eigenvalue weighted by molar-refractivity contribution is 0.195. The summed E-state index contributed by atoms with van der Waals surface area (Å²) in [4.78, 5) is 22.1. The first kappa shape index (κ1) is 18.8. The van der Waals surface area contributed by atoms with Crippen LogP contribution < -0.4 is 10.3 Å². The van der Waals surface area contributed by atoms with Crippen molar-refractivity contribution in [3.05, 3.63) is 70.8 Å². The molecular weight excluding hydrogens is 376 g/mol. The summed E-state index contributed by atoms with van der Waals surface area (Å²) in [6.45, 7) is 2.01. The molecule has 0 aliphatic carbocycles. The number of rotatable bonds is 5. The maximum absolute atomic E-state index is 12.5. The Morgan fingerprint density at radius 3 is 2.46 bits per heavy atom. The van der Waals surface area contributed by atoms with Crippen LogP contribution in [0.4, 0.5) is 0 Å². The highest BCUT2D eigenvalue weighted by Crippen LogP contribution is 2.16. The second-order valence-corrected chi connectivity index (χ2v) is 8.73. The number of aromatic amines is 1. The van der Waals surface area contributed by atoms with Crippen molar-refractivity contribution in [3.63, 3.8) is 0 Å². The topological polar surface area (TPSA) is 95.2 Å². The van der Waals surface area contributed by atoms with Crippen LogP contribution in [-0.4, -0.2) is 42.4 Å². The van der Waals surface area contributed by atoms with Gasteiger partial charge in [-0.2, -0.15) is 0 Å². The molecule has 7 nitrogen and oxygen atoms in total. The van der Waals surface area contributed by atoms with Gasteiger partial charge < -0.3 is 4.98 Å². The van der Waals surface area contributed by atoms with Crippen LogP contribution in [0.5, 0.6) is 0 Å². The van der Waals surface area contributed by atoms with E-state index in [9.17, 15) is 13.2 Å². The van der Waals surface area contributed by atoms with Crippen LogP contribution in [0, 0.1) is 0 Å². The van der Waals surface area contributed by atoms with E-state index in [4.69, 9.17) is 0 Å². The molecule has 1 saturated heterocycles. The van der Waals surface area contributed by atoms with Crippen molar-refractivity contribution in [2.24, 2.45) is 0 Å². The summed E-state index contributed by atoms with van der Waals surface area (Å²) in [6.07, 6.45) is 1.42. The van der Waals surface area contributed by atoms with Crippen LogP contribution in [0.2, 0.25) is 0 Å². The SMILES string of the molecule is O=c1[nH]c(CN2CCC(NS(=O)(=O)c3ccccc3)CC2)nc2ccccc12. The molecule has 0 atom stereocenters. The van der Waals surface area contributed by atoms with Gasteiger partial charge in [0.1, 0.15) is 5.82 Å². The Hall–Kier alpha value is -2.55. The summed E-state index contributed by atoms with van der Waals surface area (Å²) in [7, 11) is -3.49. The number of nitrogens with zero attached hydrogens (tertiary/aromatic N) is 2. The normalized spacial score (nSPS) is 16.4. The minimum absolute atomic E-state index is 0.0925. The highest BCUT2D eigenvalue weighted by molar-refractivity contribution is 7.89. The highest BCUT2D eigenvalue weighted by Gasteiger charge is 2.25. The summed E-state index contributed by atoms with van der Waals surface area (Å²) in [5.41, 5.74) is 0.554. The molecule has 0 amide bonds. The Morgan fingerprint density at radius 2 is 1.71 bits per heavy atom. The Kier molecular flexibility index (Phi) is 5.25. The molecule has 4 rings (SSSR count). The fraction of sp³-hybridized carbons (Fsp3) is 0.300. The number of piperidine rings is 1. The van der Waals surface area contributed by atoms with Crippen molar-refractivity contribution in [3.8, 4) is 0 Å². The lowest BCUT2D eigenvalue weighted by atomic mass is 10.1. The molecule has 3 aromatic rings. The zero-order chi connectivity index (χ0) is 19.6. The van der Waals surface area contributed by atoms with E-state index in [0.717, 1.165) is 13.1 Å². The molecule has 28 heavy (non-hydrogen) atoms. The fourth-order valence-electron chi connectivity index (χ4n) is 3.52. The standard InChI is InChI=1S/C20H22N4O3S/c25-20-17-8-4-5-9-18(17)21-19(22-20)14-24-12-10-15(11-13-24)23-28(26,27)16-6-2-1-3-7-16/h1-9,15,23H,10-14H2,(H,21,22,25). The van der Waals surface area contributed by atoms with Gasteiger partial charge in [0.2, 0.25) is 10.0 Å². The number of benzene rings is 2. The molecule has 0 bridgehead atoms. The second kappa shape index (κ2) is 7.83. The number of para-hydroxylation sites is 1. The maximum atomic E-state index is 12.5. The minimum atomic E-state index is -3.49. The number of hydrogen-bond acceptors (Lipinski definition) is 5. The second-order valence-electron chi connectivity index (χ2n) is 7.01. The molecule has 1 fully saturated rings. The molecule has 146 valence electrons. The third-order valence-electron chi connectivity index (χ3n) is 5.00. The molecule has 1 aromatic heterocycles. The smallest absolute Gasteiger partial charge is 0.258 e. The van der Waals surface area contributed by atoms with Crippen molar-refractivity contribution < 1.29 is 8.42 Å². The van der Waals surface area contributed by atoms with E-state index in [2.05, 4.69) is 19.6 Å². The number of aromatic nitrogens is 2. The first-order valence-corrected chi connectivity index (χ1v) is 10.8. The number of fused-ring (bicyclic) bond motifs is 1. The molecule has 1 aliphatic rings. The summed E-state index contributed by atoms with van der Waals surface area (Å²) in [5.74, 6) is 0.631. The Morgan fingerprint density at radius 1 is 1.04 bits per heavy atom. The predicted octanol–water partition coefficient (Wildman–Crippen LogP) is 1.87. The van der Waals surface area contributed by atoms with Gasteiger partial charge in [-0.3, -0.25) is 9.69 Å².